The Hall–Kier alpha value is -2.54. The minimum absolute atomic E-state index is 0.0149. The molecule has 0 saturated carbocycles. The van der Waals surface area contributed by atoms with Crippen LogP contribution in [-0.2, 0) is 25.6 Å². The first-order chi connectivity index (χ1) is 10.6. The van der Waals surface area contributed by atoms with Gasteiger partial charge in [0.1, 0.15) is 5.70 Å². The van der Waals surface area contributed by atoms with Crippen molar-refractivity contribution in [3.63, 3.8) is 0 Å². The average Bonchev–Trinajstić information content (AvgIpc) is 2.78. The van der Waals surface area contributed by atoms with Crippen molar-refractivity contribution in [3.05, 3.63) is 35.5 Å². The summed E-state index contributed by atoms with van der Waals surface area (Å²) in [5.74, 6) is -1.28. The highest BCUT2D eigenvalue weighted by Gasteiger charge is 2.14. The minimum atomic E-state index is -0.644. The van der Waals surface area contributed by atoms with E-state index in [1.54, 1.807) is 0 Å². The van der Waals surface area contributed by atoms with E-state index in [9.17, 15) is 9.59 Å². The molecule has 0 fully saturated rings. The Morgan fingerprint density at radius 3 is 2.77 bits per heavy atom. The van der Waals surface area contributed by atoms with Gasteiger partial charge in [-0.25, -0.2) is 9.59 Å². The lowest BCUT2D eigenvalue weighted by atomic mass is 10.1. The van der Waals surface area contributed by atoms with Gasteiger partial charge in [-0.2, -0.15) is 0 Å². The molecule has 0 radical (unpaired) electrons. The van der Waals surface area contributed by atoms with E-state index in [2.05, 4.69) is 25.4 Å². The van der Waals surface area contributed by atoms with Crippen LogP contribution in [0.1, 0.15) is 5.56 Å². The molecule has 118 valence electrons. The van der Waals surface area contributed by atoms with E-state index in [0.717, 1.165) is 37.0 Å². The van der Waals surface area contributed by atoms with E-state index in [1.165, 1.54) is 14.2 Å². The lowest BCUT2D eigenvalue weighted by Gasteiger charge is -2.13. The zero-order valence-electron chi connectivity index (χ0n) is 12.6. The molecule has 1 aromatic rings. The predicted molar refractivity (Wildman–Crippen MR) is 82.4 cm³/mol. The van der Waals surface area contributed by atoms with Gasteiger partial charge in [0, 0.05) is 31.0 Å². The standard InChI is InChI=1S/C15H19N3O4/c1-21-14(19)8-13(15(20)22-2)18-11-4-3-10-9-16-5-6-17-12(10)7-11/h3-4,7-8,16-18H,5-6,9H2,1-2H3/b13-8+. The molecule has 3 N–H and O–H groups in total. The van der Waals surface area contributed by atoms with Crippen LogP contribution >= 0.6 is 0 Å². The quantitative estimate of drug-likeness (QED) is 0.561. The average molecular weight is 305 g/mol. The number of nitrogens with one attached hydrogen (secondary N) is 3. The molecule has 1 heterocycles. The topological polar surface area (TPSA) is 88.7 Å². The Morgan fingerprint density at radius 2 is 2.05 bits per heavy atom. The summed E-state index contributed by atoms with van der Waals surface area (Å²) in [6, 6.07) is 5.67. The first kappa shape index (κ1) is 15.8. The van der Waals surface area contributed by atoms with Gasteiger partial charge in [-0.3, -0.25) is 0 Å². The van der Waals surface area contributed by atoms with Gasteiger partial charge in [0.05, 0.1) is 20.3 Å². The predicted octanol–water partition coefficient (Wildman–Crippen LogP) is 0.843. The van der Waals surface area contributed by atoms with Crippen LogP contribution in [0.4, 0.5) is 11.4 Å². The fourth-order valence-electron chi connectivity index (χ4n) is 2.07. The number of ether oxygens (including phenoxy) is 2. The van der Waals surface area contributed by atoms with E-state index < -0.39 is 11.9 Å². The second kappa shape index (κ2) is 7.46. The lowest BCUT2D eigenvalue weighted by molar-refractivity contribution is -0.138. The molecule has 0 atom stereocenters. The normalized spacial score (nSPS) is 14.2. The van der Waals surface area contributed by atoms with Crippen LogP contribution in [-0.4, -0.2) is 39.2 Å². The van der Waals surface area contributed by atoms with E-state index in [1.807, 2.05) is 18.2 Å². The molecule has 0 bridgehead atoms. The van der Waals surface area contributed by atoms with Crippen molar-refractivity contribution in [1.29, 1.82) is 0 Å². The van der Waals surface area contributed by atoms with Crippen LogP contribution in [0.3, 0.4) is 0 Å². The van der Waals surface area contributed by atoms with Gasteiger partial charge in [0.2, 0.25) is 0 Å². The Kier molecular flexibility index (Phi) is 5.37. The molecule has 22 heavy (non-hydrogen) atoms. The van der Waals surface area contributed by atoms with Crippen LogP contribution in [0.15, 0.2) is 30.0 Å². The zero-order valence-corrected chi connectivity index (χ0v) is 12.6. The van der Waals surface area contributed by atoms with Crippen molar-refractivity contribution in [3.8, 4) is 0 Å². The summed E-state index contributed by atoms with van der Waals surface area (Å²) in [6.45, 7) is 2.48. The molecular formula is C15H19N3O4. The molecule has 0 aliphatic carbocycles. The molecule has 1 aliphatic rings. The lowest BCUT2D eigenvalue weighted by Crippen LogP contribution is -2.16. The van der Waals surface area contributed by atoms with E-state index in [4.69, 9.17) is 0 Å². The van der Waals surface area contributed by atoms with E-state index >= 15 is 0 Å². The zero-order chi connectivity index (χ0) is 15.9. The van der Waals surface area contributed by atoms with Gasteiger partial charge in [-0.1, -0.05) is 6.07 Å². The van der Waals surface area contributed by atoms with Crippen molar-refractivity contribution in [2.45, 2.75) is 6.54 Å². The Balaban J connectivity index is 2.23. The molecule has 0 spiro atoms. The largest absolute Gasteiger partial charge is 0.466 e. The van der Waals surface area contributed by atoms with Gasteiger partial charge in [0.25, 0.3) is 0 Å². The number of anilines is 2. The molecule has 1 aromatic carbocycles. The maximum atomic E-state index is 11.7. The van der Waals surface area contributed by atoms with E-state index in [-0.39, 0.29) is 5.70 Å². The highest BCUT2D eigenvalue weighted by atomic mass is 16.5. The second-order valence-corrected chi connectivity index (χ2v) is 4.67. The molecular weight excluding hydrogens is 286 g/mol. The highest BCUT2D eigenvalue weighted by Crippen LogP contribution is 2.23. The third-order valence-electron chi connectivity index (χ3n) is 3.19. The molecule has 1 aliphatic heterocycles. The van der Waals surface area contributed by atoms with Crippen LogP contribution in [0, 0.1) is 0 Å². The number of methoxy groups -OCH3 is 2. The number of fused-ring (bicyclic) bond motifs is 1. The Labute approximate surface area is 128 Å². The fraction of sp³-hybridized carbons (Fsp3) is 0.333. The summed E-state index contributed by atoms with van der Waals surface area (Å²) in [4.78, 5) is 23.1. The third-order valence-corrected chi connectivity index (χ3v) is 3.19. The smallest absolute Gasteiger partial charge is 0.354 e. The molecule has 0 saturated heterocycles. The molecule has 0 aromatic heterocycles. The van der Waals surface area contributed by atoms with Gasteiger partial charge in [0.15, 0.2) is 0 Å². The Bertz CT molecular complexity index is 598. The molecule has 0 amide bonds. The van der Waals surface area contributed by atoms with Crippen LogP contribution in [0.25, 0.3) is 0 Å². The van der Waals surface area contributed by atoms with Gasteiger partial charge >= 0.3 is 11.9 Å². The van der Waals surface area contributed by atoms with Crippen LogP contribution in [0.5, 0.6) is 0 Å². The summed E-state index contributed by atoms with van der Waals surface area (Å²) >= 11 is 0. The minimum Gasteiger partial charge on any atom is -0.466 e. The first-order valence-corrected chi connectivity index (χ1v) is 6.86. The maximum absolute atomic E-state index is 11.7. The summed E-state index contributed by atoms with van der Waals surface area (Å²) in [6.07, 6.45) is 1.06. The third kappa shape index (κ3) is 3.98. The number of rotatable bonds is 4. The van der Waals surface area contributed by atoms with Crippen molar-refractivity contribution < 1.29 is 19.1 Å². The SMILES string of the molecule is COC(=O)/C=C(/Nc1ccc2c(c1)NCCNC2)C(=O)OC. The summed E-state index contributed by atoms with van der Waals surface area (Å²) in [7, 11) is 2.49. The first-order valence-electron chi connectivity index (χ1n) is 6.86. The second-order valence-electron chi connectivity index (χ2n) is 4.67. The number of hydrogen-bond donors (Lipinski definition) is 3. The van der Waals surface area contributed by atoms with Crippen molar-refractivity contribution in [2.24, 2.45) is 0 Å². The summed E-state index contributed by atoms with van der Waals surface area (Å²) in [5.41, 5.74) is 2.81. The number of esters is 2. The molecule has 0 unspecified atom stereocenters. The summed E-state index contributed by atoms with van der Waals surface area (Å²) < 4.78 is 9.20. The molecule has 7 nitrogen and oxygen atoms in total. The Morgan fingerprint density at radius 1 is 1.23 bits per heavy atom. The van der Waals surface area contributed by atoms with Gasteiger partial charge < -0.3 is 25.4 Å². The van der Waals surface area contributed by atoms with Crippen molar-refractivity contribution in [2.75, 3.05) is 37.9 Å². The van der Waals surface area contributed by atoms with Gasteiger partial charge in [-0.15, -0.1) is 0 Å². The molecule has 7 heteroatoms. The van der Waals surface area contributed by atoms with Crippen LogP contribution < -0.4 is 16.0 Å². The number of carbonyl (C=O) groups excluding carboxylic acids is 2. The number of benzene rings is 1. The van der Waals surface area contributed by atoms with Crippen molar-refractivity contribution >= 4 is 23.3 Å². The van der Waals surface area contributed by atoms with Gasteiger partial charge in [-0.05, 0) is 17.7 Å². The fourth-order valence-corrected chi connectivity index (χ4v) is 2.07. The highest BCUT2D eigenvalue weighted by molar-refractivity contribution is 5.98. The maximum Gasteiger partial charge on any atom is 0.354 e. The monoisotopic (exact) mass is 305 g/mol. The summed E-state index contributed by atoms with van der Waals surface area (Å²) in [5, 5.41) is 9.49. The van der Waals surface area contributed by atoms with Crippen LogP contribution in [0.2, 0.25) is 0 Å². The number of hydrogen-bond acceptors (Lipinski definition) is 7. The van der Waals surface area contributed by atoms with Crippen molar-refractivity contribution in [1.82, 2.24) is 5.32 Å². The number of carbonyl (C=O) groups is 2. The molecule has 2 rings (SSSR count). The van der Waals surface area contributed by atoms with E-state index in [0.29, 0.717) is 5.69 Å².